The number of carboxylic acid groups (broad SMARTS) is 1. The number of carbonyl (C=O) groups excluding carboxylic acids is 3. The highest BCUT2D eigenvalue weighted by atomic mass is 16.5. The summed E-state index contributed by atoms with van der Waals surface area (Å²) in [5.74, 6) is 0.501. The maximum atomic E-state index is 12.8. The summed E-state index contributed by atoms with van der Waals surface area (Å²) >= 11 is 0. The van der Waals surface area contributed by atoms with Crippen LogP contribution >= 0.6 is 0 Å². The Morgan fingerprint density at radius 3 is 2.47 bits per heavy atom. The second kappa shape index (κ2) is 10.3. The van der Waals surface area contributed by atoms with Crippen molar-refractivity contribution in [1.82, 2.24) is 5.32 Å². The normalized spacial score (nSPS) is 33.8. The summed E-state index contributed by atoms with van der Waals surface area (Å²) in [6.45, 7) is 4.97. The van der Waals surface area contributed by atoms with E-state index >= 15 is 0 Å². The molecule has 7 nitrogen and oxygen atoms in total. The predicted octanol–water partition coefficient (Wildman–Crippen LogP) is 5.22. The number of fused-ring (bicyclic) bond motifs is 5. The smallest absolute Gasteiger partial charge is 0.335 e. The van der Waals surface area contributed by atoms with Crippen molar-refractivity contribution in [2.75, 3.05) is 0 Å². The number of aromatic carboxylic acids is 1. The van der Waals surface area contributed by atoms with E-state index in [4.69, 9.17) is 9.84 Å². The Balaban J connectivity index is 1.12. The molecular weight excluding hydrogens is 482 g/mol. The molecule has 1 aromatic rings. The number of rotatable bonds is 7. The Hall–Kier alpha value is -2.96. The minimum atomic E-state index is -0.990. The minimum Gasteiger partial charge on any atom is -0.478 e. The molecular formula is C31H39NO6. The van der Waals surface area contributed by atoms with Crippen molar-refractivity contribution in [3.8, 4) is 0 Å². The van der Waals surface area contributed by atoms with Crippen LogP contribution in [0.15, 0.2) is 35.9 Å². The van der Waals surface area contributed by atoms with Gasteiger partial charge < -0.3 is 15.2 Å². The van der Waals surface area contributed by atoms with E-state index < -0.39 is 5.97 Å². The highest BCUT2D eigenvalue weighted by Crippen LogP contribution is 2.65. The van der Waals surface area contributed by atoms with Crippen molar-refractivity contribution in [1.29, 1.82) is 0 Å². The van der Waals surface area contributed by atoms with Crippen molar-refractivity contribution in [3.63, 3.8) is 0 Å². The molecule has 4 aliphatic rings. The third-order valence-corrected chi connectivity index (χ3v) is 10.4. The van der Waals surface area contributed by atoms with Gasteiger partial charge in [-0.25, -0.2) is 4.79 Å². The van der Waals surface area contributed by atoms with Crippen LogP contribution in [0.4, 0.5) is 0 Å². The van der Waals surface area contributed by atoms with Crippen molar-refractivity contribution in [2.24, 2.45) is 28.6 Å². The van der Waals surface area contributed by atoms with Gasteiger partial charge in [-0.15, -0.1) is 0 Å². The number of hydrogen-bond acceptors (Lipinski definition) is 5. The first-order valence-electron chi connectivity index (χ1n) is 14.1. The molecule has 0 bridgehead atoms. The maximum absolute atomic E-state index is 12.8. The monoisotopic (exact) mass is 521 g/mol. The SMILES string of the molecule is CC12CCC(=O)C=C1CCC1C2CCC2(C)C(OC(=O)CCC(=O)NCc3ccc(C(=O)O)cc3)CCC12. The first-order valence-corrected chi connectivity index (χ1v) is 14.1. The average Bonchev–Trinajstić information content (AvgIpc) is 3.22. The predicted molar refractivity (Wildman–Crippen MR) is 141 cm³/mol. The fraction of sp³-hybridized carbons (Fsp3) is 0.613. The van der Waals surface area contributed by atoms with Crippen molar-refractivity contribution in [2.45, 2.75) is 90.7 Å². The number of ketones is 1. The molecule has 7 heteroatoms. The molecule has 0 radical (unpaired) electrons. The van der Waals surface area contributed by atoms with Crippen LogP contribution in [-0.2, 0) is 25.7 Å². The van der Waals surface area contributed by atoms with Gasteiger partial charge in [0.15, 0.2) is 5.78 Å². The molecule has 0 saturated heterocycles. The molecule has 0 aromatic heterocycles. The number of hydrogen-bond donors (Lipinski definition) is 2. The van der Waals surface area contributed by atoms with E-state index in [1.54, 1.807) is 12.1 Å². The summed E-state index contributed by atoms with van der Waals surface area (Å²) in [7, 11) is 0. The van der Waals surface area contributed by atoms with Gasteiger partial charge in [0.05, 0.1) is 12.0 Å². The van der Waals surface area contributed by atoms with E-state index in [9.17, 15) is 19.2 Å². The van der Waals surface area contributed by atoms with Gasteiger partial charge in [0.2, 0.25) is 5.91 Å². The first kappa shape index (κ1) is 26.6. The largest absolute Gasteiger partial charge is 0.478 e. The summed E-state index contributed by atoms with van der Waals surface area (Å²) in [6.07, 6.45) is 9.83. The molecule has 6 unspecified atom stereocenters. The van der Waals surface area contributed by atoms with E-state index in [-0.39, 0.29) is 59.5 Å². The lowest BCUT2D eigenvalue weighted by molar-refractivity contribution is -0.160. The van der Waals surface area contributed by atoms with E-state index in [2.05, 4.69) is 19.2 Å². The van der Waals surface area contributed by atoms with E-state index in [0.717, 1.165) is 50.5 Å². The second-order valence-corrected chi connectivity index (χ2v) is 12.3. The molecule has 6 atom stereocenters. The van der Waals surface area contributed by atoms with Crippen molar-refractivity contribution < 1.29 is 29.0 Å². The summed E-state index contributed by atoms with van der Waals surface area (Å²) in [6, 6.07) is 6.34. The highest BCUT2D eigenvalue weighted by Gasteiger charge is 2.59. The summed E-state index contributed by atoms with van der Waals surface area (Å²) in [4.78, 5) is 48.1. The number of carbonyl (C=O) groups is 4. The second-order valence-electron chi connectivity index (χ2n) is 12.3. The molecule has 0 aliphatic heterocycles. The molecule has 3 fully saturated rings. The van der Waals surface area contributed by atoms with E-state index in [1.807, 2.05) is 6.08 Å². The molecule has 5 rings (SSSR count). The van der Waals surface area contributed by atoms with Crippen LogP contribution in [0.2, 0.25) is 0 Å². The Morgan fingerprint density at radius 2 is 1.74 bits per heavy atom. The molecule has 4 aliphatic carbocycles. The van der Waals surface area contributed by atoms with Crippen LogP contribution in [0.3, 0.4) is 0 Å². The summed E-state index contributed by atoms with van der Waals surface area (Å²) < 4.78 is 6.03. The number of carboxylic acids is 1. The molecule has 0 spiro atoms. The fourth-order valence-corrected chi connectivity index (χ4v) is 8.19. The van der Waals surface area contributed by atoms with Gasteiger partial charge in [0.25, 0.3) is 0 Å². The van der Waals surface area contributed by atoms with Crippen LogP contribution in [0, 0.1) is 28.6 Å². The van der Waals surface area contributed by atoms with Gasteiger partial charge in [-0.05, 0) is 91.9 Å². The lowest BCUT2D eigenvalue weighted by Crippen LogP contribution is -2.51. The fourth-order valence-electron chi connectivity index (χ4n) is 8.19. The minimum absolute atomic E-state index is 0.0245. The maximum Gasteiger partial charge on any atom is 0.335 e. The van der Waals surface area contributed by atoms with Crippen LogP contribution in [0.1, 0.15) is 94.0 Å². The molecule has 3 saturated carbocycles. The molecule has 1 amide bonds. The summed E-state index contributed by atoms with van der Waals surface area (Å²) in [5, 5.41) is 11.8. The quantitative estimate of drug-likeness (QED) is 0.476. The number of ether oxygens (including phenoxy) is 1. The van der Waals surface area contributed by atoms with Crippen LogP contribution < -0.4 is 5.32 Å². The Labute approximate surface area is 224 Å². The number of nitrogens with one attached hydrogen (secondary N) is 1. The van der Waals surface area contributed by atoms with E-state index in [1.165, 1.54) is 17.7 Å². The lowest BCUT2D eigenvalue weighted by Gasteiger charge is -2.57. The van der Waals surface area contributed by atoms with Gasteiger partial charge >= 0.3 is 11.9 Å². The Kier molecular flexibility index (Phi) is 7.23. The van der Waals surface area contributed by atoms with E-state index in [0.29, 0.717) is 24.2 Å². The molecule has 2 N–H and O–H groups in total. The lowest BCUT2D eigenvalue weighted by atomic mass is 9.47. The van der Waals surface area contributed by atoms with Crippen molar-refractivity contribution >= 4 is 23.6 Å². The molecule has 0 heterocycles. The number of amides is 1. The zero-order chi connectivity index (χ0) is 27.1. The topological polar surface area (TPSA) is 110 Å². The van der Waals surface area contributed by atoms with Crippen molar-refractivity contribution in [3.05, 3.63) is 47.0 Å². The highest BCUT2D eigenvalue weighted by molar-refractivity contribution is 5.91. The Morgan fingerprint density at radius 1 is 0.974 bits per heavy atom. The standard InChI is InChI=1S/C31H39NO6/c1-30-15-13-22(33)17-21(30)7-8-23-24-9-10-26(31(24,2)16-14-25(23)30)38-28(35)12-11-27(34)32-18-19-3-5-20(6-4-19)29(36)37/h3-6,17,23-26H,7-16,18H2,1-2H3,(H,32,34)(H,36,37). The molecule has 1 aromatic carbocycles. The zero-order valence-electron chi connectivity index (χ0n) is 22.5. The summed E-state index contributed by atoms with van der Waals surface area (Å²) in [5.41, 5.74) is 2.48. The molecule has 38 heavy (non-hydrogen) atoms. The number of benzene rings is 1. The first-order chi connectivity index (χ1) is 18.1. The van der Waals surface area contributed by atoms with Gasteiger partial charge in [0.1, 0.15) is 6.10 Å². The number of allylic oxidation sites excluding steroid dienone is 1. The average molecular weight is 522 g/mol. The third kappa shape index (κ3) is 4.92. The number of esters is 1. The Bertz CT molecular complexity index is 1160. The third-order valence-electron chi connectivity index (χ3n) is 10.4. The van der Waals surface area contributed by atoms with Gasteiger partial charge in [-0.2, -0.15) is 0 Å². The van der Waals surface area contributed by atoms with Crippen LogP contribution in [0.5, 0.6) is 0 Å². The van der Waals surface area contributed by atoms with Gasteiger partial charge in [0, 0.05) is 24.8 Å². The van der Waals surface area contributed by atoms with Gasteiger partial charge in [-0.1, -0.05) is 31.6 Å². The zero-order valence-corrected chi connectivity index (χ0v) is 22.5. The van der Waals surface area contributed by atoms with Crippen LogP contribution in [0.25, 0.3) is 0 Å². The van der Waals surface area contributed by atoms with Gasteiger partial charge in [-0.3, -0.25) is 14.4 Å². The van der Waals surface area contributed by atoms with Crippen LogP contribution in [-0.4, -0.2) is 34.8 Å². The molecule has 204 valence electrons.